The van der Waals surface area contributed by atoms with Gasteiger partial charge in [0, 0.05) is 10.6 Å². The van der Waals surface area contributed by atoms with E-state index in [0.29, 0.717) is 48.9 Å². The monoisotopic (exact) mass is 581 g/mol. The molecule has 1 amide bonds. The van der Waals surface area contributed by atoms with Gasteiger partial charge in [0.2, 0.25) is 0 Å². The molecule has 6 nitrogen and oxygen atoms in total. The molecule has 182 valence electrons. The van der Waals surface area contributed by atoms with Crippen LogP contribution in [0.4, 0.5) is 5.69 Å². The molecular weight excluding hydrogens is 562 g/mol. The van der Waals surface area contributed by atoms with E-state index in [1.54, 1.807) is 18.2 Å². The molecule has 0 spiro atoms. The number of rotatable bonds is 7. The van der Waals surface area contributed by atoms with Crippen LogP contribution in [0.25, 0.3) is 6.08 Å². The molecular formula is C27H21BrClN3O3S. The molecule has 1 heterocycles. The molecule has 4 rings (SSSR count). The van der Waals surface area contributed by atoms with Crippen LogP contribution in [-0.4, -0.2) is 17.7 Å². The third kappa shape index (κ3) is 5.93. The molecule has 0 saturated carbocycles. The third-order valence-corrected chi connectivity index (χ3v) is 7.16. The third-order valence-electron chi connectivity index (χ3n) is 5.25. The molecule has 3 aromatic carbocycles. The normalized spacial score (nSPS) is 15.1. The lowest BCUT2D eigenvalue weighted by molar-refractivity contribution is -0.115. The van der Waals surface area contributed by atoms with E-state index in [9.17, 15) is 10.1 Å². The van der Waals surface area contributed by atoms with E-state index >= 15 is 0 Å². The zero-order valence-electron chi connectivity index (χ0n) is 19.5. The zero-order valence-corrected chi connectivity index (χ0v) is 22.6. The Balaban J connectivity index is 1.58. The first-order valence-corrected chi connectivity index (χ1v) is 13.0. The molecule has 0 bridgehead atoms. The van der Waals surface area contributed by atoms with Crippen molar-refractivity contribution in [2.24, 2.45) is 4.99 Å². The van der Waals surface area contributed by atoms with E-state index in [0.717, 1.165) is 16.7 Å². The van der Waals surface area contributed by atoms with Gasteiger partial charge in [-0.05, 0) is 89.1 Å². The maximum absolute atomic E-state index is 12.6. The Kier molecular flexibility index (Phi) is 8.36. The summed E-state index contributed by atoms with van der Waals surface area (Å²) in [4.78, 5) is 17.7. The number of nitrogens with one attached hydrogen (secondary N) is 1. The molecule has 9 heteroatoms. The van der Waals surface area contributed by atoms with Crippen LogP contribution >= 0.6 is 39.3 Å². The highest BCUT2D eigenvalue weighted by Crippen LogP contribution is 2.39. The summed E-state index contributed by atoms with van der Waals surface area (Å²) < 4.78 is 12.5. The first-order chi connectivity index (χ1) is 17.4. The standard InChI is InChI=1S/C27H21BrClN3O3S/c1-3-34-23-12-17(11-20(28)25(23)35-15-19-8-5-4-7-18(19)14-30)13-24-26(33)32-27(36-24)31-22-10-6-9-21(29)16(22)2/h4-13H,3,15H2,1-2H3,(H,31,32,33)/b24-13+. The fraction of sp³-hybridized carbons (Fsp3) is 0.148. The smallest absolute Gasteiger partial charge is 0.264 e. The minimum atomic E-state index is -0.235. The molecule has 36 heavy (non-hydrogen) atoms. The second-order valence-electron chi connectivity index (χ2n) is 7.69. The largest absolute Gasteiger partial charge is 0.490 e. The summed E-state index contributed by atoms with van der Waals surface area (Å²) in [6.07, 6.45) is 1.77. The maximum atomic E-state index is 12.6. The first kappa shape index (κ1) is 25.8. The predicted octanol–water partition coefficient (Wildman–Crippen LogP) is 7.15. The van der Waals surface area contributed by atoms with Gasteiger partial charge >= 0.3 is 0 Å². The highest BCUT2D eigenvalue weighted by molar-refractivity contribution is 9.10. The summed E-state index contributed by atoms with van der Waals surface area (Å²) in [7, 11) is 0. The number of amidine groups is 1. The molecule has 1 aliphatic rings. The molecule has 1 fully saturated rings. The van der Waals surface area contributed by atoms with Gasteiger partial charge in [0.25, 0.3) is 5.91 Å². The number of carbonyl (C=O) groups is 1. The van der Waals surface area contributed by atoms with Crippen LogP contribution in [0, 0.1) is 18.3 Å². The van der Waals surface area contributed by atoms with Crippen LogP contribution in [0.15, 0.2) is 69.0 Å². The van der Waals surface area contributed by atoms with Crippen molar-refractivity contribution in [3.05, 3.63) is 91.3 Å². The lowest BCUT2D eigenvalue weighted by Crippen LogP contribution is -2.19. The molecule has 0 atom stereocenters. The van der Waals surface area contributed by atoms with E-state index in [-0.39, 0.29) is 12.5 Å². The van der Waals surface area contributed by atoms with Crippen molar-refractivity contribution in [1.82, 2.24) is 5.32 Å². The summed E-state index contributed by atoms with van der Waals surface area (Å²) in [5, 5.41) is 13.2. The van der Waals surface area contributed by atoms with Crippen LogP contribution in [0.2, 0.25) is 5.02 Å². The lowest BCUT2D eigenvalue weighted by Gasteiger charge is -2.15. The van der Waals surface area contributed by atoms with Crippen LogP contribution in [-0.2, 0) is 11.4 Å². The minimum Gasteiger partial charge on any atom is -0.490 e. The highest BCUT2D eigenvalue weighted by atomic mass is 79.9. The van der Waals surface area contributed by atoms with E-state index in [1.165, 1.54) is 11.8 Å². The number of hydrogen-bond acceptors (Lipinski definition) is 6. The van der Waals surface area contributed by atoms with Gasteiger partial charge in [-0.25, -0.2) is 4.99 Å². The molecule has 1 aliphatic heterocycles. The Bertz CT molecular complexity index is 1430. The van der Waals surface area contributed by atoms with E-state index < -0.39 is 0 Å². The number of amides is 1. The second kappa shape index (κ2) is 11.7. The van der Waals surface area contributed by atoms with E-state index in [4.69, 9.17) is 21.1 Å². The topological polar surface area (TPSA) is 83.7 Å². The summed E-state index contributed by atoms with van der Waals surface area (Å²) in [5.41, 5.74) is 3.64. The Morgan fingerprint density at radius 3 is 2.78 bits per heavy atom. The molecule has 3 aromatic rings. The van der Waals surface area contributed by atoms with Crippen LogP contribution in [0.1, 0.15) is 29.2 Å². The number of halogens is 2. The SMILES string of the molecule is CCOc1cc(/C=C2/SC(=Nc3cccc(Cl)c3C)NC2=O)cc(Br)c1OCc1ccccc1C#N. The molecule has 1 saturated heterocycles. The fourth-order valence-electron chi connectivity index (χ4n) is 3.44. The molecule has 1 N–H and O–H groups in total. The molecule has 0 radical (unpaired) electrons. The van der Waals surface area contributed by atoms with Gasteiger partial charge in [0.15, 0.2) is 16.7 Å². The number of benzene rings is 3. The van der Waals surface area contributed by atoms with Crippen LogP contribution in [0.5, 0.6) is 11.5 Å². The molecule has 0 aromatic heterocycles. The van der Waals surface area contributed by atoms with E-state index in [1.807, 2.05) is 56.3 Å². The van der Waals surface area contributed by atoms with Crippen LogP contribution in [0.3, 0.4) is 0 Å². The summed E-state index contributed by atoms with van der Waals surface area (Å²) in [5.74, 6) is 0.815. The minimum absolute atomic E-state index is 0.212. The van der Waals surface area contributed by atoms with Gasteiger partial charge in [-0.2, -0.15) is 5.26 Å². The molecule has 0 unspecified atom stereocenters. The average molecular weight is 583 g/mol. The number of hydrogen-bond donors (Lipinski definition) is 1. The number of aliphatic imine (C=N–C) groups is 1. The number of nitrogens with zero attached hydrogens (tertiary/aromatic N) is 2. The van der Waals surface area contributed by atoms with Gasteiger partial charge in [0.05, 0.1) is 33.3 Å². The van der Waals surface area contributed by atoms with Crippen molar-refractivity contribution >= 4 is 62.1 Å². The van der Waals surface area contributed by atoms with Crippen molar-refractivity contribution in [3.8, 4) is 17.6 Å². The Labute approximate surface area is 227 Å². The summed E-state index contributed by atoms with van der Waals surface area (Å²) in [6, 6.07) is 18.6. The average Bonchev–Trinajstić information content (AvgIpc) is 3.20. The fourth-order valence-corrected chi connectivity index (χ4v) is 5.02. The van der Waals surface area contributed by atoms with Crippen molar-refractivity contribution in [2.45, 2.75) is 20.5 Å². The number of thioether (sulfide) groups is 1. The van der Waals surface area contributed by atoms with Gasteiger partial charge in [0.1, 0.15) is 6.61 Å². The van der Waals surface area contributed by atoms with E-state index in [2.05, 4.69) is 32.3 Å². The van der Waals surface area contributed by atoms with Crippen molar-refractivity contribution < 1.29 is 14.3 Å². The van der Waals surface area contributed by atoms with Crippen molar-refractivity contribution in [2.75, 3.05) is 6.61 Å². The lowest BCUT2D eigenvalue weighted by atomic mass is 10.1. The van der Waals surface area contributed by atoms with Gasteiger partial charge in [-0.1, -0.05) is 35.9 Å². The number of ether oxygens (including phenoxy) is 2. The first-order valence-electron chi connectivity index (χ1n) is 11.0. The Hall–Kier alpha value is -3.25. The zero-order chi connectivity index (χ0) is 25.7. The maximum Gasteiger partial charge on any atom is 0.264 e. The Morgan fingerprint density at radius 2 is 2.00 bits per heavy atom. The van der Waals surface area contributed by atoms with Gasteiger partial charge in [-0.15, -0.1) is 0 Å². The Morgan fingerprint density at radius 1 is 1.19 bits per heavy atom. The van der Waals surface area contributed by atoms with Crippen molar-refractivity contribution in [1.29, 1.82) is 5.26 Å². The number of nitriles is 1. The molecule has 0 aliphatic carbocycles. The van der Waals surface area contributed by atoms with Gasteiger partial charge < -0.3 is 14.8 Å². The van der Waals surface area contributed by atoms with Gasteiger partial charge in [-0.3, -0.25) is 4.79 Å². The van der Waals surface area contributed by atoms with Crippen LogP contribution < -0.4 is 14.8 Å². The second-order valence-corrected chi connectivity index (χ2v) is 9.98. The van der Waals surface area contributed by atoms with Crippen molar-refractivity contribution in [3.63, 3.8) is 0 Å². The quantitative estimate of drug-likeness (QED) is 0.299. The number of carbonyl (C=O) groups excluding carboxylic acids is 1. The highest BCUT2D eigenvalue weighted by Gasteiger charge is 2.24. The summed E-state index contributed by atoms with van der Waals surface area (Å²) >= 11 is 11.0. The predicted molar refractivity (Wildman–Crippen MR) is 148 cm³/mol. The summed E-state index contributed by atoms with van der Waals surface area (Å²) in [6.45, 7) is 4.41.